The van der Waals surface area contributed by atoms with Crippen LogP contribution in [0.5, 0.6) is 0 Å². The van der Waals surface area contributed by atoms with Crippen molar-refractivity contribution in [3.63, 3.8) is 0 Å². The van der Waals surface area contributed by atoms with Gasteiger partial charge in [0.15, 0.2) is 0 Å². The lowest BCUT2D eigenvalue weighted by Crippen LogP contribution is -2.11. The molecule has 4 heteroatoms. The Kier molecular flexibility index (Phi) is 3.74. The molecule has 3 aromatic rings. The van der Waals surface area contributed by atoms with Crippen molar-refractivity contribution in [2.24, 2.45) is 5.73 Å². The maximum Gasteiger partial charge on any atom is 0.124 e. The second-order valence-corrected chi connectivity index (χ2v) is 6.26. The van der Waals surface area contributed by atoms with Gasteiger partial charge >= 0.3 is 0 Å². The number of benzene rings is 2. The summed E-state index contributed by atoms with van der Waals surface area (Å²) < 4.78 is 14.1. The van der Waals surface area contributed by atoms with Gasteiger partial charge in [-0.1, -0.05) is 35.9 Å². The quantitative estimate of drug-likeness (QED) is 0.729. The summed E-state index contributed by atoms with van der Waals surface area (Å²) in [5.41, 5.74) is 7.29. The van der Waals surface area contributed by atoms with Gasteiger partial charge in [-0.25, -0.2) is 4.39 Å². The van der Waals surface area contributed by atoms with Gasteiger partial charge in [0.25, 0.3) is 0 Å². The molecule has 0 fully saturated rings. The Morgan fingerprint density at radius 1 is 1.15 bits per heavy atom. The minimum absolute atomic E-state index is 0.129. The highest BCUT2D eigenvalue weighted by molar-refractivity contribution is 7.19. The van der Waals surface area contributed by atoms with E-state index in [1.807, 2.05) is 30.3 Å². The fraction of sp³-hybridized carbons (Fsp3) is 0.125. The van der Waals surface area contributed by atoms with Crippen LogP contribution in [-0.4, -0.2) is 0 Å². The van der Waals surface area contributed by atoms with Crippen LogP contribution in [0.15, 0.2) is 48.5 Å². The molecular formula is C16H13ClFNS. The molecule has 1 atom stereocenters. The molecule has 20 heavy (non-hydrogen) atoms. The van der Waals surface area contributed by atoms with E-state index in [-0.39, 0.29) is 11.9 Å². The minimum Gasteiger partial charge on any atom is -0.323 e. The normalized spacial score (nSPS) is 12.8. The molecule has 102 valence electrons. The summed E-state index contributed by atoms with van der Waals surface area (Å²) >= 11 is 7.69. The highest BCUT2D eigenvalue weighted by Gasteiger charge is 2.12. The van der Waals surface area contributed by atoms with Gasteiger partial charge < -0.3 is 5.73 Å². The second kappa shape index (κ2) is 5.52. The zero-order chi connectivity index (χ0) is 14.1. The fourth-order valence-corrected chi connectivity index (χ4v) is 3.51. The van der Waals surface area contributed by atoms with Crippen molar-refractivity contribution < 1.29 is 4.39 Å². The molecule has 3 rings (SSSR count). The predicted molar refractivity (Wildman–Crippen MR) is 83.9 cm³/mol. The highest BCUT2D eigenvalue weighted by atomic mass is 35.5. The molecule has 0 radical (unpaired) electrons. The lowest BCUT2D eigenvalue weighted by Gasteiger charge is -2.10. The van der Waals surface area contributed by atoms with Gasteiger partial charge in [0, 0.05) is 20.6 Å². The number of hydrogen-bond acceptors (Lipinski definition) is 2. The Morgan fingerprint density at radius 2 is 1.95 bits per heavy atom. The van der Waals surface area contributed by atoms with Crippen LogP contribution in [0.2, 0.25) is 5.02 Å². The van der Waals surface area contributed by atoms with E-state index in [0.29, 0.717) is 6.42 Å². The van der Waals surface area contributed by atoms with Crippen LogP contribution in [-0.2, 0) is 6.42 Å². The van der Waals surface area contributed by atoms with Crippen molar-refractivity contribution in [1.82, 2.24) is 0 Å². The zero-order valence-corrected chi connectivity index (χ0v) is 12.2. The maximum absolute atomic E-state index is 13.2. The lowest BCUT2D eigenvalue weighted by molar-refractivity contribution is 0.630. The Bertz CT molecular complexity index is 753. The standard InChI is InChI=1S/C16H13ClFNS/c17-13-4-2-1-3-10(13)7-14(19)16-8-11-5-6-12(18)9-15(11)20-16/h1-6,8-9,14H,7,19H2. The van der Waals surface area contributed by atoms with Gasteiger partial charge in [-0.05, 0) is 41.6 Å². The smallest absolute Gasteiger partial charge is 0.124 e. The van der Waals surface area contributed by atoms with Crippen molar-refractivity contribution >= 4 is 33.0 Å². The number of rotatable bonds is 3. The van der Waals surface area contributed by atoms with Crippen LogP contribution in [0.4, 0.5) is 4.39 Å². The van der Waals surface area contributed by atoms with Crippen LogP contribution in [0.3, 0.4) is 0 Å². The van der Waals surface area contributed by atoms with Crippen LogP contribution in [0.1, 0.15) is 16.5 Å². The molecule has 1 aromatic heterocycles. The van der Waals surface area contributed by atoms with Crippen LogP contribution < -0.4 is 5.73 Å². The molecule has 0 aliphatic rings. The molecule has 2 aromatic carbocycles. The van der Waals surface area contributed by atoms with Crippen LogP contribution >= 0.6 is 22.9 Å². The summed E-state index contributed by atoms with van der Waals surface area (Å²) in [4.78, 5) is 1.05. The van der Waals surface area contributed by atoms with Gasteiger partial charge in [-0.15, -0.1) is 11.3 Å². The third-order valence-electron chi connectivity index (χ3n) is 3.26. The summed E-state index contributed by atoms with van der Waals surface area (Å²) in [7, 11) is 0. The number of nitrogens with two attached hydrogens (primary N) is 1. The highest BCUT2D eigenvalue weighted by Crippen LogP contribution is 2.31. The zero-order valence-electron chi connectivity index (χ0n) is 10.6. The fourth-order valence-electron chi connectivity index (χ4n) is 2.21. The third-order valence-corrected chi connectivity index (χ3v) is 4.86. The molecule has 0 spiro atoms. The van der Waals surface area contributed by atoms with Crippen LogP contribution in [0, 0.1) is 5.82 Å². The first-order chi connectivity index (χ1) is 9.63. The van der Waals surface area contributed by atoms with E-state index in [1.165, 1.54) is 17.4 Å². The molecule has 2 N–H and O–H groups in total. The summed E-state index contributed by atoms with van der Waals surface area (Å²) in [5.74, 6) is -0.217. The molecule has 1 nitrogen and oxygen atoms in total. The van der Waals surface area contributed by atoms with Crippen molar-refractivity contribution in [2.45, 2.75) is 12.5 Å². The number of thiophene rings is 1. The minimum atomic E-state index is -0.217. The molecule has 0 saturated heterocycles. The van der Waals surface area contributed by atoms with Crippen molar-refractivity contribution in [1.29, 1.82) is 0 Å². The second-order valence-electron chi connectivity index (χ2n) is 4.73. The van der Waals surface area contributed by atoms with E-state index in [2.05, 4.69) is 0 Å². The van der Waals surface area contributed by atoms with Crippen molar-refractivity contribution in [3.8, 4) is 0 Å². The first kappa shape index (κ1) is 13.6. The largest absolute Gasteiger partial charge is 0.323 e. The first-order valence-electron chi connectivity index (χ1n) is 6.31. The Balaban J connectivity index is 1.89. The number of fused-ring (bicyclic) bond motifs is 1. The number of hydrogen-bond donors (Lipinski definition) is 1. The van der Waals surface area contributed by atoms with E-state index in [9.17, 15) is 4.39 Å². The van der Waals surface area contributed by atoms with Crippen molar-refractivity contribution in [3.05, 3.63) is 69.8 Å². The van der Waals surface area contributed by atoms with Gasteiger partial charge in [0.05, 0.1) is 0 Å². The van der Waals surface area contributed by atoms with E-state index in [4.69, 9.17) is 17.3 Å². The molecule has 1 unspecified atom stereocenters. The predicted octanol–water partition coefficient (Wildman–Crippen LogP) is 4.94. The SMILES string of the molecule is NC(Cc1ccccc1Cl)c1cc2ccc(F)cc2s1. The van der Waals surface area contributed by atoms with Crippen molar-refractivity contribution in [2.75, 3.05) is 0 Å². The van der Waals surface area contributed by atoms with E-state index in [1.54, 1.807) is 12.1 Å². The third kappa shape index (κ3) is 2.70. The first-order valence-corrected chi connectivity index (χ1v) is 7.51. The topological polar surface area (TPSA) is 26.0 Å². The van der Waals surface area contributed by atoms with Gasteiger partial charge in [-0.3, -0.25) is 0 Å². The van der Waals surface area contributed by atoms with E-state index >= 15 is 0 Å². The Morgan fingerprint density at radius 3 is 2.75 bits per heavy atom. The summed E-state index contributed by atoms with van der Waals surface area (Å²) in [6, 6.07) is 14.4. The average Bonchev–Trinajstić information content (AvgIpc) is 2.84. The molecule has 0 amide bonds. The molecule has 0 aliphatic carbocycles. The Hall–Kier alpha value is -1.42. The van der Waals surface area contributed by atoms with Gasteiger partial charge in [-0.2, -0.15) is 0 Å². The van der Waals surface area contributed by atoms with Crippen LogP contribution in [0.25, 0.3) is 10.1 Å². The molecular weight excluding hydrogens is 293 g/mol. The molecule has 0 saturated carbocycles. The van der Waals surface area contributed by atoms with Gasteiger partial charge in [0.1, 0.15) is 5.82 Å². The Labute approximate surface area is 125 Å². The molecule has 0 bridgehead atoms. The summed E-state index contributed by atoms with van der Waals surface area (Å²) in [5, 5.41) is 1.76. The van der Waals surface area contributed by atoms with E-state index < -0.39 is 0 Å². The van der Waals surface area contributed by atoms with Gasteiger partial charge in [0.2, 0.25) is 0 Å². The average molecular weight is 306 g/mol. The molecule has 1 heterocycles. The number of halogens is 2. The summed E-state index contributed by atoms with van der Waals surface area (Å²) in [6.45, 7) is 0. The summed E-state index contributed by atoms with van der Waals surface area (Å²) in [6.07, 6.45) is 0.676. The maximum atomic E-state index is 13.2. The monoisotopic (exact) mass is 305 g/mol. The molecule has 0 aliphatic heterocycles. The lowest BCUT2D eigenvalue weighted by atomic mass is 10.1. The van der Waals surface area contributed by atoms with E-state index in [0.717, 1.165) is 25.5 Å².